The number of amides is 2. The summed E-state index contributed by atoms with van der Waals surface area (Å²) in [5.41, 5.74) is 7.20. The lowest BCUT2D eigenvalue weighted by atomic mass is 9.96. The van der Waals surface area contributed by atoms with Crippen LogP contribution in [0.4, 0.5) is 15.8 Å². The molecular formula is C20H21ClFN3O2. The molecule has 1 aliphatic heterocycles. The van der Waals surface area contributed by atoms with E-state index in [1.54, 1.807) is 18.2 Å². The van der Waals surface area contributed by atoms with E-state index in [-0.39, 0.29) is 34.7 Å². The third-order valence-corrected chi connectivity index (χ3v) is 5.17. The van der Waals surface area contributed by atoms with Gasteiger partial charge in [0.1, 0.15) is 5.82 Å². The first-order chi connectivity index (χ1) is 12.9. The zero-order chi connectivity index (χ0) is 19.4. The van der Waals surface area contributed by atoms with Gasteiger partial charge in [-0.25, -0.2) is 4.39 Å². The summed E-state index contributed by atoms with van der Waals surface area (Å²) in [5.74, 6) is -1.11. The molecule has 27 heavy (non-hydrogen) atoms. The second-order valence-electron chi connectivity index (χ2n) is 6.64. The monoisotopic (exact) mass is 389 g/mol. The van der Waals surface area contributed by atoms with Gasteiger partial charge in [0.15, 0.2) is 0 Å². The highest BCUT2D eigenvalue weighted by Crippen LogP contribution is 2.25. The highest BCUT2D eigenvalue weighted by atomic mass is 35.5. The van der Waals surface area contributed by atoms with E-state index in [1.807, 2.05) is 12.1 Å². The van der Waals surface area contributed by atoms with E-state index in [2.05, 4.69) is 10.2 Å². The average Bonchev–Trinajstić information content (AvgIpc) is 2.65. The lowest BCUT2D eigenvalue weighted by Crippen LogP contribution is -2.38. The van der Waals surface area contributed by atoms with Crippen molar-refractivity contribution in [2.45, 2.75) is 19.3 Å². The molecule has 3 N–H and O–H groups in total. The molecule has 0 aromatic heterocycles. The number of primary amides is 1. The number of hydrogen-bond acceptors (Lipinski definition) is 3. The van der Waals surface area contributed by atoms with E-state index < -0.39 is 5.82 Å². The van der Waals surface area contributed by atoms with E-state index >= 15 is 0 Å². The molecule has 5 nitrogen and oxygen atoms in total. The molecule has 2 amide bonds. The van der Waals surface area contributed by atoms with Gasteiger partial charge >= 0.3 is 0 Å². The predicted molar refractivity (Wildman–Crippen MR) is 104 cm³/mol. The number of nitrogens with zero attached hydrogens (tertiary/aromatic N) is 1. The highest BCUT2D eigenvalue weighted by molar-refractivity contribution is 6.31. The minimum absolute atomic E-state index is 0.0509. The Bertz CT molecular complexity index is 813. The van der Waals surface area contributed by atoms with Crippen LogP contribution < -0.4 is 16.0 Å². The molecule has 1 aliphatic rings. The molecule has 0 unspecified atom stereocenters. The maximum absolute atomic E-state index is 13.8. The van der Waals surface area contributed by atoms with Gasteiger partial charge in [0.2, 0.25) is 11.8 Å². The molecular weight excluding hydrogens is 369 g/mol. The summed E-state index contributed by atoms with van der Waals surface area (Å²) in [4.78, 5) is 25.6. The molecule has 0 radical (unpaired) electrons. The summed E-state index contributed by atoms with van der Waals surface area (Å²) in [6.45, 7) is 1.54. The summed E-state index contributed by atoms with van der Waals surface area (Å²) in [7, 11) is 0. The second-order valence-corrected chi connectivity index (χ2v) is 7.04. The van der Waals surface area contributed by atoms with Crippen LogP contribution in [0.5, 0.6) is 0 Å². The summed E-state index contributed by atoms with van der Waals surface area (Å²) in [6.07, 6.45) is 1.36. The van der Waals surface area contributed by atoms with E-state index in [0.717, 1.165) is 31.6 Å². The number of anilines is 2. The Labute approximate surface area is 162 Å². The lowest BCUT2D eigenvalue weighted by molar-refractivity contribution is -0.122. The maximum Gasteiger partial charge on any atom is 0.228 e. The summed E-state index contributed by atoms with van der Waals surface area (Å²) >= 11 is 5.96. The molecule has 0 saturated carbocycles. The van der Waals surface area contributed by atoms with Crippen molar-refractivity contribution in [1.29, 1.82) is 0 Å². The van der Waals surface area contributed by atoms with Crippen LogP contribution >= 0.6 is 11.6 Å². The largest absolute Gasteiger partial charge is 0.371 e. The normalized spacial score (nSPS) is 14.8. The molecule has 1 saturated heterocycles. The van der Waals surface area contributed by atoms with Gasteiger partial charge in [0.25, 0.3) is 0 Å². The van der Waals surface area contributed by atoms with E-state index in [1.165, 1.54) is 12.1 Å². The van der Waals surface area contributed by atoms with Gasteiger partial charge in [-0.2, -0.15) is 0 Å². The van der Waals surface area contributed by atoms with Gasteiger partial charge < -0.3 is 16.0 Å². The van der Waals surface area contributed by atoms with Gasteiger partial charge in [0, 0.05) is 41.0 Å². The van der Waals surface area contributed by atoms with Crippen molar-refractivity contribution in [3.8, 4) is 0 Å². The van der Waals surface area contributed by atoms with Crippen LogP contribution in [-0.4, -0.2) is 24.9 Å². The van der Waals surface area contributed by atoms with Crippen LogP contribution in [0, 0.1) is 11.7 Å². The van der Waals surface area contributed by atoms with E-state index in [0.29, 0.717) is 5.69 Å². The van der Waals surface area contributed by atoms with Gasteiger partial charge in [-0.15, -0.1) is 0 Å². The molecule has 1 heterocycles. The number of carbonyl (C=O) groups excluding carboxylic acids is 2. The maximum atomic E-state index is 13.8. The van der Waals surface area contributed by atoms with Crippen LogP contribution in [0.1, 0.15) is 18.4 Å². The SMILES string of the molecule is NC(=O)C1CCN(c2ccc(NC(=O)Cc3c(F)cccc3Cl)cc2)CC1. The fourth-order valence-corrected chi connectivity index (χ4v) is 3.47. The van der Waals surface area contributed by atoms with Crippen molar-refractivity contribution in [3.63, 3.8) is 0 Å². The Hall–Kier alpha value is -2.60. The fourth-order valence-electron chi connectivity index (χ4n) is 3.24. The third-order valence-electron chi connectivity index (χ3n) is 4.81. The van der Waals surface area contributed by atoms with Crippen molar-refractivity contribution in [3.05, 3.63) is 58.9 Å². The van der Waals surface area contributed by atoms with E-state index in [9.17, 15) is 14.0 Å². The van der Waals surface area contributed by atoms with Gasteiger partial charge in [-0.3, -0.25) is 9.59 Å². The predicted octanol–water partition coefficient (Wildman–Crippen LogP) is 3.36. The van der Waals surface area contributed by atoms with Crippen molar-refractivity contribution in [1.82, 2.24) is 0 Å². The first kappa shape index (κ1) is 19.2. The van der Waals surface area contributed by atoms with Crippen LogP contribution in [0.2, 0.25) is 5.02 Å². The number of nitrogens with one attached hydrogen (secondary N) is 1. The van der Waals surface area contributed by atoms with E-state index in [4.69, 9.17) is 17.3 Å². The fraction of sp³-hybridized carbons (Fsp3) is 0.300. The van der Waals surface area contributed by atoms with Gasteiger partial charge in [-0.05, 0) is 49.2 Å². The van der Waals surface area contributed by atoms with Crippen molar-refractivity contribution < 1.29 is 14.0 Å². The van der Waals surface area contributed by atoms with Crippen molar-refractivity contribution in [2.75, 3.05) is 23.3 Å². The first-order valence-electron chi connectivity index (χ1n) is 8.81. The Balaban J connectivity index is 1.58. The molecule has 0 aliphatic carbocycles. The zero-order valence-electron chi connectivity index (χ0n) is 14.8. The first-order valence-corrected chi connectivity index (χ1v) is 9.19. The Kier molecular flexibility index (Phi) is 5.96. The number of carbonyl (C=O) groups is 2. The van der Waals surface area contributed by atoms with Crippen LogP contribution in [-0.2, 0) is 16.0 Å². The second kappa shape index (κ2) is 8.39. The molecule has 0 atom stereocenters. The molecule has 7 heteroatoms. The quantitative estimate of drug-likeness (QED) is 0.823. The standard InChI is InChI=1S/C20H21ClFN3O2/c21-17-2-1-3-18(22)16(17)12-19(26)24-14-4-6-15(7-5-14)25-10-8-13(9-11-25)20(23)27/h1-7,13H,8-12H2,(H2,23,27)(H,24,26). The number of benzene rings is 2. The molecule has 0 spiro atoms. The van der Waals surface area contributed by atoms with Crippen LogP contribution in [0.25, 0.3) is 0 Å². The number of halogens is 2. The molecule has 2 aromatic rings. The minimum Gasteiger partial charge on any atom is -0.371 e. The van der Waals surface area contributed by atoms with Gasteiger partial charge in [0.05, 0.1) is 6.42 Å². The number of nitrogens with two attached hydrogens (primary N) is 1. The lowest BCUT2D eigenvalue weighted by Gasteiger charge is -2.32. The Morgan fingerprint density at radius 3 is 2.41 bits per heavy atom. The number of piperidine rings is 1. The van der Waals surface area contributed by atoms with Crippen LogP contribution in [0.3, 0.4) is 0 Å². The molecule has 1 fully saturated rings. The number of hydrogen-bond donors (Lipinski definition) is 2. The third kappa shape index (κ3) is 4.77. The topological polar surface area (TPSA) is 75.4 Å². The summed E-state index contributed by atoms with van der Waals surface area (Å²) in [5, 5.41) is 2.99. The smallest absolute Gasteiger partial charge is 0.228 e. The summed E-state index contributed by atoms with van der Waals surface area (Å²) < 4.78 is 13.8. The summed E-state index contributed by atoms with van der Waals surface area (Å²) in [6, 6.07) is 11.8. The number of rotatable bonds is 5. The van der Waals surface area contributed by atoms with Crippen molar-refractivity contribution in [2.24, 2.45) is 11.7 Å². The molecule has 3 rings (SSSR count). The van der Waals surface area contributed by atoms with Crippen molar-refractivity contribution >= 4 is 34.8 Å². The zero-order valence-corrected chi connectivity index (χ0v) is 15.5. The van der Waals surface area contributed by atoms with Crippen LogP contribution in [0.15, 0.2) is 42.5 Å². The Morgan fingerprint density at radius 1 is 1.15 bits per heavy atom. The molecule has 2 aromatic carbocycles. The molecule has 0 bridgehead atoms. The Morgan fingerprint density at radius 2 is 1.81 bits per heavy atom. The van der Waals surface area contributed by atoms with Gasteiger partial charge in [-0.1, -0.05) is 17.7 Å². The molecule has 142 valence electrons. The minimum atomic E-state index is -0.493. The average molecular weight is 390 g/mol. The highest BCUT2D eigenvalue weighted by Gasteiger charge is 2.23.